The molecule has 116 valence electrons. The molecule has 1 aromatic rings. The van der Waals surface area contributed by atoms with Crippen LogP contribution >= 0.6 is 0 Å². The third-order valence-corrected chi connectivity index (χ3v) is 3.39. The Labute approximate surface area is 118 Å². The average Bonchev–Trinajstić information content (AvgIpc) is 2.88. The second-order valence-electron chi connectivity index (χ2n) is 5.07. The summed E-state index contributed by atoms with van der Waals surface area (Å²) in [5, 5.41) is 5.21. The molecule has 4 nitrogen and oxygen atoms in total. The van der Waals surface area contributed by atoms with Crippen LogP contribution in [0, 0.1) is 12.8 Å². The van der Waals surface area contributed by atoms with Crippen molar-refractivity contribution in [1.82, 2.24) is 10.3 Å². The minimum Gasteiger partial charge on any atom is -0.309 e. The summed E-state index contributed by atoms with van der Waals surface area (Å²) in [5.74, 6) is -0.863. The van der Waals surface area contributed by atoms with Gasteiger partial charge in [0.1, 0.15) is 11.5 Å². The Bertz CT molecular complexity index is 533. The zero-order valence-corrected chi connectivity index (χ0v) is 11.3. The topological polar surface area (TPSA) is 54.0 Å². The van der Waals surface area contributed by atoms with Gasteiger partial charge in [-0.05, 0) is 25.0 Å². The molecule has 0 aliphatic carbocycles. The van der Waals surface area contributed by atoms with Gasteiger partial charge in [0.15, 0.2) is 0 Å². The number of pyridine rings is 1. The van der Waals surface area contributed by atoms with E-state index in [-0.39, 0.29) is 11.7 Å². The molecule has 0 saturated carbocycles. The van der Waals surface area contributed by atoms with Crippen LogP contribution in [0.5, 0.6) is 0 Å². The molecule has 1 aliphatic heterocycles. The molecule has 1 amide bonds. The summed E-state index contributed by atoms with van der Waals surface area (Å²) in [6.07, 6.45) is -4.25. The number of rotatable bonds is 3. The highest BCUT2D eigenvalue weighted by atomic mass is 19.4. The van der Waals surface area contributed by atoms with Crippen LogP contribution in [-0.4, -0.2) is 30.2 Å². The predicted octanol–water partition coefficient (Wildman–Crippen LogP) is 2.29. The number of anilines is 1. The molecule has 2 atom stereocenters. The lowest BCUT2D eigenvalue weighted by molar-refractivity contribution is -0.141. The van der Waals surface area contributed by atoms with Crippen LogP contribution in [0.4, 0.5) is 23.4 Å². The van der Waals surface area contributed by atoms with Gasteiger partial charge in [0.25, 0.3) is 0 Å². The van der Waals surface area contributed by atoms with Crippen molar-refractivity contribution in [3.8, 4) is 0 Å². The first-order chi connectivity index (χ1) is 9.81. The maximum atomic E-state index is 12.6. The number of hydrogen-bond donors (Lipinski definition) is 2. The Balaban J connectivity index is 2.10. The van der Waals surface area contributed by atoms with E-state index in [1.165, 1.54) is 6.07 Å². The number of amides is 1. The molecule has 8 heteroatoms. The fraction of sp³-hybridized carbons (Fsp3) is 0.538. The van der Waals surface area contributed by atoms with Gasteiger partial charge in [-0.25, -0.2) is 4.98 Å². The Morgan fingerprint density at radius 2 is 2.19 bits per heavy atom. The molecule has 0 spiro atoms. The third-order valence-electron chi connectivity index (χ3n) is 3.39. The second kappa shape index (κ2) is 5.97. The number of halogens is 4. The van der Waals surface area contributed by atoms with Crippen molar-refractivity contribution in [2.75, 3.05) is 18.5 Å². The highest BCUT2D eigenvalue weighted by Gasteiger charge is 2.34. The molecular formula is C13H15F4N3O. The van der Waals surface area contributed by atoms with Gasteiger partial charge < -0.3 is 10.6 Å². The average molecular weight is 305 g/mol. The maximum absolute atomic E-state index is 12.6. The molecule has 21 heavy (non-hydrogen) atoms. The van der Waals surface area contributed by atoms with Gasteiger partial charge in [-0.1, -0.05) is 6.07 Å². The van der Waals surface area contributed by atoms with Crippen molar-refractivity contribution in [1.29, 1.82) is 0 Å². The summed E-state index contributed by atoms with van der Waals surface area (Å²) in [6.45, 7) is 1.40. The van der Waals surface area contributed by atoms with Crippen LogP contribution < -0.4 is 10.6 Å². The van der Waals surface area contributed by atoms with Crippen LogP contribution in [0.3, 0.4) is 0 Å². The Hall–Kier alpha value is -1.70. The van der Waals surface area contributed by atoms with Gasteiger partial charge in [0.05, 0.1) is 12.7 Å². The number of aromatic nitrogens is 1. The van der Waals surface area contributed by atoms with Gasteiger partial charge in [0, 0.05) is 12.5 Å². The van der Waals surface area contributed by atoms with Gasteiger partial charge in [-0.15, -0.1) is 0 Å². The highest BCUT2D eigenvalue weighted by molar-refractivity contribution is 5.94. The van der Waals surface area contributed by atoms with Gasteiger partial charge >= 0.3 is 6.18 Å². The highest BCUT2D eigenvalue weighted by Crippen LogP contribution is 2.29. The largest absolute Gasteiger partial charge is 0.433 e. The Morgan fingerprint density at radius 1 is 1.48 bits per heavy atom. The third kappa shape index (κ3) is 3.69. The summed E-state index contributed by atoms with van der Waals surface area (Å²) in [7, 11) is 0. The smallest absolute Gasteiger partial charge is 0.309 e. The molecule has 1 aliphatic rings. The molecule has 0 radical (unpaired) electrons. The lowest BCUT2D eigenvalue weighted by Gasteiger charge is -2.14. The number of alkyl halides is 4. The molecule has 0 aromatic carbocycles. The summed E-state index contributed by atoms with van der Waals surface area (Å²) in [5.41, 5.74) is -0.638. The number of aryl methyl sites for hydroxylation is 1. The maximum Gasteiger partial charge on any atom is 0.433 e. The first kappa shape index (κ1) is 15.7. The van der Waals surface area contributed by atoms with Crippen LogP contribution in [-0.2, 0) is 11.0 Å². The monoisotopic (exact) mass is 305 g/mol. The number of carbonyl (C=O) groups excluding carboxylic acids is 1. The molecule has 2 rings (SSSR count). The number of carbonyl (C=O) groups is 1. The summed E-state index contributed by atoms with van der Waals surface area (Å²) in [4.78, 5) is 15.4. The van der Waals surface area contributed by atoms with E-state index in [1.54, 1.807) is 6.92 Å². The fourth-order valence-electron chi connectivity index (χ4n) is 2.14. The molecule has 2 N–H and O–H groups in total. The zero-order chi connectivity index (χ0) is 15.6. The molecule has 1 aromatic heterocycles. The van der Waals surface area contributed by atoms with Gasteiger partial charge in [-0.2, -0.15) is 13.2 Å². The number of nitrogens with zero attached hydrogens (tertiary/aromatic N) is 1. The molecule has 1 saturated heterocycles. The molecule has 2 unspecified atom stereocenters. The van der Waals surface area contributed by atoms with Crippen molar-refractivity contribution in [2.24, 2.45) is 5.92 Å². The quantitative estimate of drug-likeness (QED) is 0.843. The van der Waals surface area contributed by atoms with Crippen molar-refractivity contribution in [3.05, 3.63) is 23.4 Å². The van der Waals surface area contributed by atoms with E-state index in [2.05, 4.69) is 15.6 Å². The summed E-state index contributed by atoms with van der Waals surface area (Å²) in [6, 6.07) is 1.50. The summed E-state index contributed by atoms with van der Waals surface area (Å²) < 4.78 is 50.3. The minimum absolute atomic E-state index is 0.125. The van der Waals surface area contributed by atoms with Crippen molar-refractivity contribution in [3.63, 3.8) is 0 Å². The van der Waals surface area contributed by atoms with Crippen LogP contribution in [0.2, 0.25) is 0 Å². The minimum atomic E-state index is -4.57. The van der Waals surface area contributed by atoms with Crippen LogP contribution in [0.15, 0.2) is 12.1 Å². The zero-order valence-electron chi connectivity index (χ0n) is 11.3. The number of nitrogens with one attached hydrogen (secondary N) is 2. The van der Waals surface area contributed by atoms with E-state index in [4.69, 9.17) is 0 Å². The van der Waals surface area contributed by atoms with Crippen LogP contribution in [0.25, 0.3) is 0 Å². The van der Waals surface area contributed by atoms with E-state index in [0.29, 0.717) is 18.5 Å². The summed E-state index contributed by atoms with van der Waals surface area (Å²) >= 11 is 0. The van der Waals surface area contributed by atoms with Gasteiger partial charge in [-0.3, -0.25) is 9.18 Å². The fourth-order valence-corrected chi connectivity index (χ4v) is 2.14. The van der Waals surface area contributed by atoms with Crippen molar-refractivity contribution in [2.45, 2.75) is 25.6 Å². The predicted molar refractivity (Wildman–Crippen MR) is 68.5 cm³/mol. The van der Waals surface area contributed by atoms with E-state index in [9.17, 15) is 22.4 Å². The lowest BCUT2D eigenvalue weighted by Crippen LogP contribution is -2.36. The van der Waals surface area contributed by atoms with Crippen molar-refractivity contribution < 1.29 is 22.4 Å². The van der Waals surface area contributed by atoms with Gasteiger partial charge in [0.2, 0.25) is 5.91 Å². The van der Waals surface area contributed by atoms with Crippen molar-refractivity contribution >= 4 is 11.7 Å². The van der Waals surface area contributed by atoms with E-state index in [1.807, 2.05) is 0 Å². The molecule has 1 fully saturated rings. The Kier molecular flexibility index (Phi) is 4.46. The lowest BCUT2D eigenvalue weighted by atomic mass is 10.1. The standard InChI is InChI=1S/C13H15F4N3O/c1-7-2-3-10(13(15,16)17)19-11(7)20-12(21)9-4-8(5-14)6-18-9/h2-3,8-9,18H,4-6H2,1H3,(H,19,20,21). The first-order valence-corrected chi connectivity index (χ1v) is 6.46. The van der Waals surface area contributed by atoms with E-state index in [0.717, 1.165) is 6.07 Å². The van der Waals surface area contributed by atoms with Crippen LogP contribution in [0.1, 0.15) is 17.7 Å². The van der Waals surface area contributed by atoms with E-state index >= 15 is 0 Å². The molecular weight excluding hydrogens is 290 g/mol. The molecule has 2 heterocycles. The van der Waals surface area contributed by atoms with E-state index < -0.39 is 30.5 Å². The second-order valence-corrected chi connectivity index (χ2v) is 5.07. The first-order valence-electron chi connectivity index (χ1n) is 6.46. The Morgan fingerprint density at radius 3 is 2.76 bits per heavy atom. The normalized spacial score (nSPS) is 22.3. The molecule has 0 bridgehead atoms. The SMILES string of the molecule is Cc1ccc(C(F)(F)F)nc1NC(=O)C1CC(CF)CN1. The number of hydrogen-bond acceptors (Lipinski definition) is 3.